The molecule has 3 nitrogen and oxygen atoms in total. The van der Waals surface area contributed by atoms with Gasteiger partial charge >= 0.3 is 0 Å². The minimum Gasteiger partial charge on any atom is -0.618 e. The maximum absolute atomic E-state index is 11.5. The minimum absolute atomic E-state index is 0.557. The topological polar surface area (TPSA) is 40.1 Å². The lowest BCUT2D eigenvalue weighted by atomic mass is 10.2. The van der Waals surface area contributed by atoms with Crippen LogP contribution in [0, 0.1) is 5.21 Å². The zero-order valence-electron chi connectivity index (χ0n) is 8.46. The fraction of sp³-hybridized carbons (Fsp3) is 0. The normalized spacial score (nSPS) is 10.8. The van der Waals surface area contributed by atoms with Gasteiger partial charge in [-0.25, -0.2) is 0 Å². The lowest BCUT2D eigenvalue weighted by Crippen LogP contribution is -2.24. The van der Waals surface area contributed by atoms with Gasteiger partial charge in [0.2, 0.25) is 0 Å². The van der Waals surface area contributed by atoms with Crippen LogP contribution in [0.5, 0.6) is 0 Å². The number of benzene rings is 1. The first-order chi connectivity index (χ1) is 7.84. The van der Waals surface area contributed by atoms with Crippen LogP contribution < -0.4 is 4.73 Å². The van der Waals surface area contributed by atoms with Crippen molar-refractivity contribution in [1.29, 1.82) is 0 Å². The van der Waals surface area contributed by atoms with E-state index >= 15 is 0 Å². The van der Waals surface area contributed by atoms with Crippen LogP contribution in [-0.4, -0.2) is 0 Å². The van der Waals surface area contributed by atoms with Gasteiger partial charge in [-0.05, 0) is 6.07 Å². The van der Waals surface area contributed by atoms with Crippen molar-refractivity contribution in [1.82, 2.24) is 0 Å². The zero-order valence-corrected chi connectivity index (χ0v) is 8.46. The van der Waals surface area contributed by atoms with E-state index in [4.69, 9.17) is 4.42 Å². The number of hydrogen-bond acceptors (Lipinski definition) is 2. The molecular formula is C13H9NO2. The number of rotatable bonds is 1. The van der Waals surface area contributed by atoms with E-state index in [0.717, 1.165) is 10.3 Å². The highest BCUT2D eigenvalue weighted by Gasteiger charge is 2.11. The number of hydrogen-bond donors (Lipinski definition) is 0. The van der Waals surface area contributed by atoms with Crippen molar-refractivity contribution in [3.63, 3.8) is 0 Å². The Kier molecular flexibility index (Phi) is 1.90. The van der Waals surface area contributed by atoms with E-state index in [1.165, 1.54) is 6.20 Å². The molecule has 0 N–H and O–H groups in total. The molecule has 3 rings (SSSR count). The summed E-state index contributed by atoms with van der Waals surface area (Å²) in [4.78, 5) is 0. The van der Waals surface area contributed by atoms with Crippen LogP contribution in [0.1, 0.15) is 0 Å². The van der Waals surface area contributed by atoms with Gasteiger partial charge in [0.1, 0.15) is 5.76 Å². The van der Waals surface area contributed by atoms with Crippen LogP contribution in [-0.2, 0) is 0 Å². The van der Waals surface area contributed by atoms with Crippen LogP contribution in [0.15, 0.2) is 59.1 Å². The Morgan fingerprint density at radius 3 is 2.56 bits per heavy atom. The molecule has 0 bridgehead atoms. The summed E-state index contributed by atoms with van der Waals surface area (Å²) >= 11 is 0. The molecule has 78 valence electrons. The van der Waals surface area contributed by atoms with E-state index in [2.05, 4.69) is 0 Å². The molecular weight excluding hydrogens is 202 g/mol. The molecule has 0 fully saturated rings. The van der Waals surface area contributed by atoms with Gasteiger partial charge in [-0.15, -0.1) is 0 Å². The molecule has 0 aliphatic carbocycles. The molecule has 16 heavy (non-hydrogen) atoms. The van der Waals surface area contributed by atoms with Gasteiger partial charge in [-0.2, -0.15) is 4.73 Å². The van der Waals surface area contributed by atoms with Gasteiger partial charge in [-0.1, -0.05) is 30.3 Å². The van der Waals surface area contributed by atoms with Gasteiger partial charge in [-0.3, -0.25) is 0 Å². The monoisotopic (exact) mass is 211 g/mol. The smallest absolute Gasteiger partial charge is 0.263 e. The number of aromatic nitrogens is 1. The number of pyridine rings is 1. The molecule has 0 atom stereocenters. The molecule has 0 saturated carbocycles. The fourth-order valence-electron chi connectivity index (χ4n) is 1.72. The fourth-order valence-corrected chi connectivity index (χ4v) is 1.72. The summed E-state index contributed by atoms with van der Waals surface area (Å²) in [5.74, 6) is 0.714. The van der Waals surface area contributed by atoms with Crippen molar-refractivity contribution in [2.24, 2.45) is 0 Å². The molecule has 3 aromatic rings. The highest BCUT2D eigenvalue weighted by atomic mass is 16.5. The van der Waals surface area contributed by atoms with Gasteiger partial charge in [0, 0.05) is 11.6 Å². The summed E-state index contributed by atoms with van der Waals surface area (Å²) in [5.41, 5.74) is 2.14. The van der Waals surface area contributed by atoms with Crippen molar-refractivity contribution in [3.05, 3.63) is 59.9 Å². The summed E-state index contributed by atoms with van der Waals surface area (Å²) < 4.78 is 6.42. The van der Waals surface area contributed by atoms with Gasteiger partial charge < -0.3 is 9.62 Å². The maximum atomic E-state index is 11.5. The molecule has 0 radical (unpaired) electrons. The van der Waals surface area contributed by atoms with Crippen LogP contribution in [0.4, 0.5) is 0 Å². The molecule has 2 aromatic heterocycles. The minimum atomic E-state index is 0.557. The first kappa shape index (κ1) is 8.97. The summed E-state index contributed by atoms with van der Waals surface area (Å²) in [6, 6.07) is 14.9. The lowest BCUT2D eigenvalue weighted by molar-refractivity contribution is -0.577. The van der Waals surface area contributed by atoms with E-state index in [9.17, 15) is 5.21 Å². The maximum Gasteiger partial charge on any atom is 0.263 e. The van der Waals surface area contributed by atoms with E-state index in [1.807, 2.05) is 30.3 Å². The Hall–Kier alpha value is -2.29. The molecule has 0 saturated heterocycles. The van der Waals surface area contributed by atoms with Crippen LogP contribution >= 0.6 is 0 Å². The number of furan rings is 1. The standard InChI is InChI=1S/C13H9NO2/c15-14-8-4-7-12-11(14)9-13(16-12)10-5-2-1-3-6-10/h1-9H. The summed E-state index contributed by atoms with van der Waals surface area (Å²) in [5, 5.41) is 11.5. The van der Waals surface area contributed by atoms with E-state index in [1.54, 1.807) is 18.2 Å². The highest BCUT2D eigenvalue weighted by molar-refractivity contribution is 5.76. The summed E-state index contributed by atoms with van der Waals surface area (Å²) in [6.45, 7) is 0. The molecule has 2 heterocycles. The quantitative estimate of drug-likeness (QED) is 0.458. The molecule has 0 aliphatic rings. The van der Waals surface area contributed by atoms with E-state index < -0.39 is 0 Å². The van der Waals surface area contributed by atoms with Crippen LogP contribution in [0.2, 0.25) is 0 Å². The predicted octanol–water partition coefficient (Wildman–Crippen LogP) is 2.73. The second kappa shape index (κ2) is 3.38. The van der Waals surface area contributed by atoms with Crippen molar-refractivity contribution in [2.75, 3.05) is 0 Å². The van der Waals surface area contributed by atoms with Gasteiger partial charge in [0.05, 0.1) is 6.07 Å². The third-order valence-electron chi connectivity index (χ3n) is 2.50. The zero-order chi connectivity index (χ0) is 11.0. The van der Waals surface area contributed by atoms with Gasteiger partial charge in [0.15, 0.2) is 11.8 Å². The van der Waals surface area contributed by atoms with Crippen molar-refractivity contribution < 1.29 is 9.15 Å². The van der Waals surface area contributed by atoms with E-state index in [0.29, 0.717) is 16.9 Å². The Balaban J connectivity index is 2.23. The van der Waals surface area contributed by atoms with Crippen molar-refractivity contribution >= 4 is 11.1 Å². The average Bonchev–Trinajstić information content (AvgIpc) is 2.76. The van der Waals surface area contributed by atoms with Crippen LogP contribution in [0.3, 0.4) is 0 Å². The van der Waals surface area contributed by atoms with E-state index in [-0.39, 0.29) is 0 Å². The molecule has 0 aliphatic heterocycles. The van der Waals surface area contributed by atoms with Crippen LogP contribution in [0.25, 0.3) is 22.4 Å². The van der Waals surface area contributed by atoms with Crippen molar-refractivity contribution in [2.45, 2.75) is 0 Å². The average molecular weight is 211 g/mol. The molecule has 0 unspecified atom stereocenters. The molecule has 0 spiro atoms. The number of fused-ring (bicyclic) bond motifs is 1. The first-order valence-corrected chi connectivity index (χ1v) is 5.02. The molecule has 1 aromatic carbocycles. The Labute approximate surface area is 92.1 Å². The number of nitrogens with zero attached hydrogens (tertiary/aromatic N) is 1. The third-order valence-corrected chi connectivity index (χ3v) is 2.50. The SMILES string of the molecule is [O-][n+]1cccc2oc(-c3ccccc3)cc21. The largest absolute Gasteiger partial charge is 0.618 e. The Bertz CT molecular complexity index is 629. The Morgan fingerprint density at radius 1 is 1.00 bits per heavy atom. The lowest BCUT2D eigenvalue weighted by Gasteiger charge is -1.92. The molecule has 0 amide bonds. The second-order valence-electron chi connectivity index (χ2n) is 3.56. The highest BCUT2D eigenvalue weighted by Crippen LogP contribution is 2.25. The predicted molar refractivity (Wildman–Crippen MR) is 60.6 cm³/mol. The van der Waals surface area contributed by atoms with Gasteiger partial charge in [0.25, 0.3) is 5.52 Å². The summed E-state index contributed by atoms with van der Waals surface area (Å²) in [7, 11) is 0. The first-order valence-electron chi connectivity index (χ1n) is 5.02. The molecule has 3 heteroatoms. The summed E-state index contributed by atoms with van der Waals surface area (Å²) in [6.07, 6.45) is 1.46. The Morgan fingerprint density at radius 2 is 1.81 bits per heavy atom. The second-order valence-corrected chi connectivity index (χ2v) is 3.56. The third kappa shape index (κ3) is 1.34. The van der Waals surface area contributed by atoms with Crippen molar-refractivity contribution in [3.8, 4) is 11.3 Å².